The smallest absolute Gasteiger partial charge is 0.322 e. The monoisotopic (exact) mass is 290 g/mol. The van der Waals surface area contributed by atoms with Crippen LogP contribution in [0.1, 0.15) is 19.8 Å². The lowest BCUT2D eigenvalue weighted by Crippen LogP contribution is -2.46. The van der Waals surface area contributed by atoms with Gasteiger partial charge < -0.3 is 19.9 Å². The van der Waals surface area contributed by atoms with Gasteiger partial charge in [0.25, 0.3) is 0 Å². The van der Waals surface area contributed by atoms with Crippen molar-refractivity contribution in [3.63, 3.8) is 0 Å². The van der Waals surface area contributed by atoms with Gasteiger partial charge in [-0.05, 0) is 31.9 Å². The van der Waals surface area contributed by atoms with Gasteiger partial charge in [0.2, 0.25) is 0 Å². The molecule has 1 atom stereocenters. The van der Waals surface area contributed by atoms with Crippen molar-refractivity contribution in [2.24, 2.45) is 0 Å². The van der Waals surface area contributed by atoms with Gasteiger partial charge in [-0.3, -0.25) is 0 Å². The first kappa shape index (κ1) is 14.1. The van der Waals surface area contributed by atoms with Crippen molar-refractivity contribution in [1.29, 1.82) is 0 Å². The molecule has 2 fully saturated rings. The normalized spacial score (nSPS) is 22.4. The fourth-order valence-corrected chi connectivity index (χ4v) is 2.80. The third-order valence-corrected chi connectivity index (χ3v) is 3.96. The van der Waals surface area contributed by atoms with Crippen LogP contribution >= 0.6 is 0 Å². The Balaban J connectivity index is 1.58. The Morgan fingerprint density at radius 3 is 2.81 bits per heavy atom. The van der Waals surface area contributed by atoms with Crippen LogP contribution in [-0.2, 0) is 4.74 Å². The van der Waals surface area contributed by atoms with Crippen molar-refractivity contribution in [3.8, 4) is 0 Å². The number of amides is 2. The second-order valence-electron chi connectivity index (χ2n) is 5.66. The van der Waals surface area contributed by atoms with E-state index in [1.807, 2.05) is 19.1 Å². The molecule has 1 N–H and O–H groups in total. The summed E-state index contributed by atoms with van der Waals surface area (Å²) in [5.41, 5.74) is 0.738. The molecule has 0 unspecified atom stereocenters. The maximum atomic E-state index is 12.2. The molecule has 1 aromatic rings. The van der Waals surface area contributed by atoms with Crippen LogP contribution in [0.3, 0.4) is 0 Å². The number of carbonyl (C=O) groups is 1. The molecular formula is C15H22N4O2. The first-order valence-electron chi connectivity index (χ1n) is 7.61. The van der Waals surface area contributed by atoms with Gasteiger partial charge in [0, 0.05) is 26.2 Å². The van der Waals surface area contributed by atoms with Gasteiger partial charge in [0.15, 0.2) is 0 Å². The highest BCUT2D eigenvalue weighted by molar-refractivity contribution is 5.89. The van der Waals surface area contributed by atoms with E-state index in [-0.39, 0.29) is 12.1 Å². The standard InChI is InChI=1S/C15H22N4O2/c1-12-11-19(8-9-21-12)15(20)17-13-4-5-14(16-10-13)18-6-2-3-7-18/h4-5,10,12H,2-3,6-9,11H2,1H3,(H,17,20)/t12-/m0/s1. The minimum Gasteiger partial charge on any atom is -0.375 e. The van der Waals surface area contributed by atoms with E-state index in [1.165, 1.54) is 12.8 Å². The summed E-state index contributed by atoms with van der Waals surface area (Å²) in [6.07, 6.45) is 4.29. The van der Waals surface area contributed by atoms with Crippen molar-refractivity contribution < 1.29 is 9.53 Å². The summed E-state index contributed by atoms with van der Waals surface area (Å²) in [7, 11) is 0. The van der Waals surface area contributed by atoms with Gasteiger partial charge in [-0.1, -0.05) is 0 Å². The summed E-state index contributed by atoms with van der Waals surface area (Å²) in [6.45, 7) is 5.99. The molecule has 0 aliphatic carbocycles. The minimum atomic E-state index is -0.0825. The summed E-state index contributed by atoms with van der Waals surface area (Å²) < 4.78 is 5.44. The summed E-state index contributed by atoms with van der Waals surface area (Å²) in [5.74, 6) is 0.991. The number of carbonyl (C=O) groups excluding carboxylic acids is 1. The van der Waals surface area contributed by atoms with Crippen molar-refractivity contribution in [1.82, 2.24) is 9.88 Å². The van der Waals surface area contributed by atoms with Crippen LogP contribution in [0.2, 0.25) is 0 Å². The van der Waals surface area contributed by atoms with Crippen molar-refractivity contribution >= 4 is 17.5 Å². The van der Waals surface area contributed by atoms with Gasteiger partial charge in [-0.15, -0.1) is 0 Å². The summed E-state index contributed by atoms with van der Waals surface area (Å²) in [4.78, 5) is 20.7. The fourth-order valence-electron chi connectivity index (χ4n) is 2.80. The summed E-state index contributed by atoms with van der Waals surface area (Å²) in [5, 5.41) is 2.90. The molecule has 6 nitrogen and oxygen atoms in total. The lowest BCUT2D eigenvalue weighted by atomic mass is 10.3. The molecule has 114 valence electrons. The Labute approximate surface area is 125 Å². The first-order valence-corrected chi connectivity index (χ1v) is 7.61. The molecule has 2 aliphatic rings. The second kappa shape index (κ2) is 6.30. The van der Waals surface area contributed by atoms with E-state index in [0.29, 0.717) is 19.7 Å². The lowest BCUT2D eigenvalue weighted by molar-refractivity contribution is -0.00138. The number of ether oxygens (including phenoxy) is 1. The third-order valence-electron chi connectivity index (χ3n) is 3.96. The van der Waals surface area contributed by atoms with Gasteiger partial charge in [-0.25, -0.2) is 9.78 Å². The Morgan fingerprint density at radius 1 is 1.33 bits per heavy atom. The Bertz CT molecular complexity index is 485. The van der Waals surface area contributed by atoms with Crippen molar-refractivity contribution in [2.75, 3.05) is 43.0 Å². The molecule has 0 spiro atoms. The Kier molecular flexibility index (Phi) is 4.24. The SMILES string of the molecule is C[C@H]1CN(C(=O)Nc2ccc(N3CCCC3)nc2)CCO1. The number of urea groups is 1. The molecule has 2 aliphatic heterocycles. The van der Waals surface area contributed by atoms with E-state index < -0.39 is 0 Å². The largest absolute Gasteiger partial charge is 0.375 e. The number of hydrogen-bond acceptors (Lipinski definition) is 4. The lowest BCUT2D eigenvalue weighted by Gasteiger charge is -2.31. The van der Waals surface area contributed by atoms with Crippen LogP contribution in [0, 0.1) is 0 Å². The quantitative estimate of drug-likeness (QED) is 0.904. The molecule has 0 saturated carbocycles. The molecule has 3 rings (SSSR count). The number of morpholine rings is 1. The molecule has 2 amide bonds. The van der Waals surface area contributed by atoms with Gasteiger partial charge >= 0.3 is 6.03 Å². The summed E-state index contributed by atoms with van der Waals surface area (Å²) >= 11 is 0. The van der Waals surface area contributed by atoms with Crippen LogP contribution in [0.25, 0.3) is 0 Å². The number of pyridine rings is 1. The average molecular weight is 290 g/mol. The van der Waals surface area contributed by atoms with E-state index in [0.717, 1.165) is 24.6 Å². The zero-order valence-electron chi connectivity index (χ0n) is 12.4. The highest BCUT2D eigenvalue weighted by Crippen LogP contribution is 2.19. The Morgan fingerprint density at radius 2 is 2.14 bits per heavy atom. The number of nitrogens with one attached hydrogen (secondary N) is 1. The number of anilines is 2. The van der Waals surface area contributed by atoms with Gasteiger partial charge in [0.1, 0.15) is 5.82 Å². The third kappa shape index (κ3) is 3.44. The van der Waals surface area contributed by atoms with E-state index >= 15 is 0 Å². The predicted molar refractivity (Wildman–Crippen MR) is 81.7 cm³/mol. The molecule has 0 radical (unpaired) electrons. The Hall–Kier alpha value is -1.82. The highest BCUT2D eigenvalue weighted by atomic mass is 16.5. The highest BCUT2D eigenvalue weighted by Gasteiger charge is 2.21. The van der Waals surface area contributed by atoms with E-state index in [2.05, 4.69) is 15.2 Å². The topological polar surface area (TPSA) is 57.7 Å². The van der Waals surface area contributed by atoms with Crippen LogP contribution in [0.15, 0.2) is 18.3 Å². The number of rotatable bonds is 2. The molecule has 6 heteroatoms. The van der Waals surface area contributed by atoms with Crippen molar-refractivity contribution in [3.05, 3.63) is 18.3 Å². The van der Waals surface area contributed by atoms with Crippen LogP contribution in [0.4, 0.5) is 16.3 Å². The van der Waals surface area contributed by atoms with Crippen molar-refractivity contribution in [2.45, 2.75) is 25.9 Å². The van der Waals surface area contributed by atoms with Gasteiger partial charge in [0.05, 0.1) is 24.6 Å². The minimum absolute atomic E-state index is 0.0825. The fraction of sp³-hybridized carbons (Fsp3) is 0.600. The van der Waals surface area contributed by atoms with E-state index in [1.54, 1.807) is 11.1 Å². The average Bonchev–Trinajstić information content (AvgIpc) is 3.02. The molecular weight excluding hydrogens is 268 g/mol. The first-order chi connectivity index (χ1) is 10.2. The van der Waals surface area contributed by atoms with Crippen LogP contribution in [-0.4, -0.2) is 54.8 Å². The number of nitrogens with zero attached hydrogens (tertiary/aromatic N) is 3. The molecule has 0 aromatic carbocycles. The predicted octanol–water partition coefficient (Wildman–Crippen LogP) is 1.93. The zero-order valence-corrected chi connectivity index (χ0v) is 12.4. The number of hydrogen-bond donors (Lipinski definition) is 1. The van der Waals surface area contributed by atoms with Crippen LogP contribution < -0.4 is 10.2 Å². The molecule has 0 bridgehead atoms. The molecule has 3 heterocycles. The van der Waals surface area contributed by atoms with E-state index in [9.17, 15) is 4.79 Å². The molecule has 1 aromatic heterocycles. The summed E-state index contributed by atoms with van der Waals surface area (Å²) in [6, 6.07) is 3.81. The molecule has 21 heavy (non-hydrogen) atoms. The maximum absolute atomic E-state index is 12.2. The van der Waals surface area contributed by atoms with Crippen LogP contribution in [0.5, 0.6) is 0 Å². The van der Waals surface area contributed by atoms with Gasteiger partial charge in [-0.2, -0.15) is 0 Å². The zero-order chi connectivity index (χ0) is 14.7. The van der Waals surface area contributed by atoms with E-state index in [4.69, 9.17) is 4.74 Å². The maximum Gasteiger partial charge on any atom is 0.322 e. The number of aromatic nitrogens is 1. The second-order valence-corrected chi connectivity index (χ2v) is 5.66. The molecule has 2 saturated heterocycles.